The lowest BCUT2D eigenvalue weighted by Crippen LogP contribution is -2.53. The topological polar surface area (TPSA) is 58.9 Å². The maximum atomic E-state index is 10.2. The Labute approximate surface area is 125 Å². The van der Waals surface area contributed by atoms with E-state index in [0.717, 1.165) is 0 Å². The van der Waals surface area contributed by atoms with Crippen LogP contribution in [0.4, 0.5) is 0 Å². The van der Waals surface area contributed by atoms with Crippen molar-refractivity contribution in [1.82, 2.24) is 0 Å². The van der Waals surface area contributed by atoms with Gasteiger partial charge in [-0.3, -0.25) is 0 Å². The van der Waals surface area contributed by atoms with E-state index < -0.39 is 18.3 Å². The zero-order valence-electron chi connectivity index (χ0n) is 12.4. The van der Waals surface area contributed by atoms with Crippen molar-refractivity contribution in [3.05, 3.63) is 24.3 Å². The van der Waals surface area contributed by atoms with Crippen LogP contribution in [0.1, 0.15) is 27.7 Å². The largest absolute Gasteiger partial charge is 0.492 e. The number of rotatable bonds is 7. The minimum absolute atomic E-state index is 0.398. The summed E-state index contributed by atoms with van der Waals surface area (Å²) in [5.74, 6) is 1.02. The van der Waals surface area contributed by atoms with E-state index in [2.05, 4.69) is 0 Å². The van der Waals surface area contributed by atoms with Gasteiger partial charge in [-0.05, 0) is 45.3 Å². The van der Waals surface area contributed by atoms with Gasteiger partial charge in [0.1, 0.15) is 12.4 Å². The van der Waals surface area contributed by atoms with E-state index in [9.17, 15) is 10.1 Å². The smallest absolute Gasteiger partial charge is 0.491 e. The van der Waals surface area contributed by atoms with Crippen LogP contribution in [-0.2, 0) is 4.65 Å². The molecule has 0 radical (unpaired) electrons. The summed E-state index contributed by atoms with van der Waals surface area (Å²) < 4.78 is 11.0. The number of alkyl halides is 1. The Kier molecular flexibility index (Phi) is 5.89. The molecule has 6 heteroatoms. The van der Waals surface area contributed by atoms with E-state index in [1.54, 1.807) is 52.0 Å². The van der Waals surface area contributed by atoms with E-state index >= 15 is 0 Å². The van der Waals surface area contributed by atoms with Gasteiger partial charge in [-0.2, -0.15) is 0 Å². The van der Waals surface area contributed by atoms with Crippen LogP contribution in [-0.4, -0.2) is 40.9 Å². The Morgan fingerprint density at radius 1 is 1.25 bits per heavy atom. The molecule has 1 aromatic carbocycles. The van der Waals surface area contributed by atoms with Gasteiger partial charge in [0.2, 0.25) is 0 Å². The van der Waals surface area contributed by atoms with E-state index in [-0.39, 0.29) is 0 Å². The fraction of sp³-hybridized carbons (Fsp3) is 0.571. The molecular formula is C14H22BClO4. The van der Waals surface area contributed by atoms with Gasteiger partial charge in [0, 0.05) is 0 Å². The Morgan fingerprint density at radius 2 is 1.90 bits per heavy atom. The van der Waals surface area contributed by atoms with Gasteiger partial charge in [-0.15, -0.1) is 11.6 Å². The molecule has 0 heterocycles. The molecule has 0 aliphatic rings. The first-order valence-electron chi connectivity index (χ1n) is 6.54. The first-order chi connectivity index (χ1) is 9.17. The van der Waals surface area contributed by atoms with Crippen molar-refractivity contribution >= 4 is 24.2 Å². The van der Waals surface area contributed by atoms with Crippen molar-refractivity contribution in [2.75, 3.05) is 12.5 Å². The summed E-state index contributed by atoms with van der Waals surface area (Å²) in [6, 6.07) is 6.98. The Morgan fingerprint density at radius 3 is 2.45 bits per heavy atom. The average molecular weight is 301 g/mol. The second-order valence-electron chi connectivity index (χ2n) is 5.65. The van der Waals surface area contributed by atoms with Crippen molar-refractivity contribution in [2.24, 2.45) is 0 Å². The summed E-state index contributed by atoms with van der Waals surface area (Å²) in [4.78, 5) is 0. The Balaban J connectivity index is 2.79. The van der Waals surface area contributed by atoms with Gasteiger partial charge >= 0.3 is 7.12 Å². The van der Waals surface area contributed by atoms with Gasteiger partial charge in [0.25, 0.3) is 0 Å². The van der Waals surface area contributed by atoms with Crippen LogP contribution in [0.25, 0.3) is 0 Å². The molecule has 0 aromatic heterocycles. The lowest BCUT2D eigenvalue weighted by atomic mass is 9.76. The molecule has 112 valence electrons. The maximum Gasteiger partial charge on any atom is 0.491 e. The maximum absolute atomic E-state index is 10.2. The molecule has 0 saturated carbocycles. The molecule has 1 aromatic rings. The van der Waals surface area contributed by atoms with Crippen LogP contribution in [0.15, 0.2) is 24.3 Å². The third kappa shape index (κ3) is 4.67. The molecule has 0 atom stereocenters. The number of benzene rings is 1. The summed E-state index contributed by atoms with van der Waals surface area (Å²) in [6.07, 6.45) is 0. The van der Waals surface area contributed by atoms with Gasteiger partial charge in [0.05, 0.1) is 17.1 Å². The quantitative estimate of drug-likeness (QED) is 0.593. The van der Waals surface area contributed by atoms with Crippen molar-refractivity contribution in [2.45, 2.75) is 38.9 Å². The number of ether oxygens (including phenoxy) is 1. The molecule has 0 fully saturated rings. The monoisotopic (exact) mass is 300 g/mol. The predicted molar refractivity (Wildman–Crippen MR) is 81.7 cm³/mol. The number of aliphatic hydroxyl groups is 1. The van der Waals surface area contributed by atoms with Crippen molar-refractivity contribution in [3.8, 4) is 5.75 Å². The lowest BCUT2D eigenvalue weighted by Gasteiger charge is -2.38. The second kappa shape index (κ2) is 6.81. The van der Waals surface area contributed by atoms with Crippen LogP contribution in [0.5, 0.6) is 5.75 Å². The molecule has 0 amide bonds. The van der Waals surface area contributed by atoms with E-state index in [0.29, 0.717) is 23.7 Å². The molecule has 0 spiro atoms. The number of hydrogen-bond donors (Lipinski definition) is 2. The highest BCUT2D eigenvalue weighted by molar-refractivity contribution is 6.60. The van der Waals surface area contributed by atoms with Gasteiger partial charge < -0.3 is 19.5 Å². The van der Waals surface area contributed by atoms with E-state index in [1.807, 2.05) is 0 Å². The summed E-state index contributed by atoms with van der Waals surface area (Å²) in [5.41, 5.74) is -1.42. The predicted octanol–water partition coefficient (Wildman–Crippen LogP) is 1.56. The molecule has 0 aliphatic heterocycles. The van der Waals surface area contributed by atoms with Crippen LogP contribution < -0.4 is 10.2 Å². The molecule has 1 rings (SSSR count). The van der Waals surface area contributed by atoms with Crippen LogP contribution >= 0.6 is 11.6 Å². The standard InChI is InChI=1S/C14H22BClO4/c1-13(2,17)14(3,4)20-15(18)11-6-5-7-12(10-11)19-9-8-16/h5-7,10,17-18H,8-9H2,1-4H3. The first-order valence-corrected chi connectivity index (χ1v) is 7.08. The van der Waals surface area contributed by atoms with Crippen LogP contribution in [0.2, 0.25) is 0 Å². The third-order valence-corrected chi connectivity index (χ3v) is 3.52. The van der Waals surface area contributed by atoms with Crippen LogP contribution in [0, 0.1) is 0 Å². The first kappa shape index (κ1) is 17.3. The minimum Gasteiger partial charge on any atom is -0.492 e. The third-order valence-electron chi connectivity index (χ3n) is 3.37. The summed E-state index contributed by atoms with van der Waals surface area (Å²) in [6.45, 7) is 7.13. The molecule has 0 bridgehead atoms. The van der Waals surface area contributed by atoms with Crippen LogP contribution in [0.3, 0.4) is 0 Å². The fourth-order valence-corrected chi connectivity index (χ4v) is 1.48. The minimum atomic E-state index is -1.14. The van der Waals surface area contributed by atoms with E-state index in [4.69, 9.17) is 21.0 Å². The van der Waals surface area contributed by atoms with E-state index in [1.165, 1.54) is 0 Å². The Bertz CT molecular complexity index is 431. The van der Waals surface area contributed by atoms with Gasteiger partial charge in [-0.25, -0.2) is 0 Å². The highest BCUT2D eigenvalue weighted by atomic mass is 35.5. The number of hydrogen-bond acceptors (Lipinski definition) is 4. The molecule has 0 saturated heterocycles. The highest BCUT2D eigenvalue weighted by Gasteiger charge is 2.39. The van der Waals surface area contributed by atoms with Gasteiger partial charge in [-0.1, -0.05) is 12.1 Å². The highest BCUT2D eigenvalue weighted by Crippen LogP contribution is 2.25. The summed E-state index contributed by atoms with van der Waals surface area (Å²) in [5, 5.41) is 20.2. The molecule has 0 aliphatic carbocycles. The zero-order chi connectivity index (χ0) is 15.4. The number of halogens is 1. The van der Waals surface area contributed by atoms with Gasteiger partial charge in [0.15, 0.2) is 0 Å². The summed E-state index contributed by atoms with van der Waals surface area (Å²) >= 11 is 5.56. The lowest BCUT2D eigenvalue weighted by molar-refractivity contribution is -0.0982. The summed E-state index contributed by atoms with van der Waals surface area (Å²) in [7, 11) is -1.14. The van der Waals surface area contributed by atoms with Crippen molar-refractivity contribution in [1.29, 1.82) is 0 Å². The van der Waals surface area contributed by atoms with Crippen molar-refractivity contribution in [3.63, 3.8) is 0 Å². The zero-order valence-corrected chi connectivity index (χ0v) is 13.1. The molecule has 20 heavy (non-hydrogen) atoms. The molecular weight excluding hydrogens is 278 g/mol. The SMILES string of the molecule is CC(C)(O)C(C)(C)OB(O)c1cccc(OCCCl)c1. The van der Waals surface area contributed by atoms with Crippen molar-refractivity contribution < 1.29 is 19.5 Å². The Hall–Kier alpha value is -0.745. The average Bonchev–Trinajstić information content (AvgIpc) is 2.35. The second-order valence-corrected chi connectivity index (χ2v) is 6.03. The fourth-order valence-electron chi connectivity index (χ4n) is 1.41. The molecule has 4 nitrogen and oxygen atoms in total. The molecule has 2 N–H and O–H groups in total. The normalized spacial score (nSPS) is 12.3. The molecule has 0 unspecified atom stereocenters.